The molecule has 2 aromatic carbocycles. The van der Waals surface area contributed by atoms with Crippen molar-refractivity contribution in [1.29, 1.82) is 0 Å². The van der Waals surface area contributed by atoms with Crippen molar-refractivity contribution < 1.29 is 9.90 Å². The first kappa shape index (κ1) is 23.5. The van der Waals surface area contributed by atoms with Crippen molar-refractivity contribution in [2.24, 2.45) is 0 Å². The third kappa shape index (κ3) is 5.22. The fraction of sp³-hybridized carbons (Fsp3) is 0.222. The molecule has 1 aliphatic heterocycles. The summed E-state index contributed by atoms with van der Waals surface area (Å²) in [5, 5.41) is 15.2. The summed E-state index contributed by atoms with van der Waals surface area (Å²) in [6.07, 6.45) is 4.90. The monoisotopic (exact) mass is 483 g/mol. The van der Waals surface area contributed by atoms with Crippen molar-refractivity contribution in [2.75, 3.05) is 54.9 Å². The summed E-state index contributed by atoms with van der Waals surface area (Å²) in [5.74, 6) is 0.251. The third-order valence-corrected chi connectivity index (χ3v) is 6.31. The summed E-state index contributed by atoms with van der Waals surface area (Å²) in [6.45, 7) is 8.25. The lowest BCUT2D eigenvalue weighted by Gasteiger charge is -2.35. The van der Waals surface area contributed by atoms with Crippen LogP contribution in [0.1, 0.15) is 0 Å². The van der Waals surface area contributed by atoms with Gasteiger partial charge in [0.15, 0.2) is 0 Å². The zero-order valence-electron chi connectivity index (χ0n) is 20.0. The molecule has 4 aromatic rings. The van der Waals surface area contributed by atoms with Crippen LogP contribution >= 0.6 is 0 Å². The Balaban J connectivity index is 1.31. The number of carbonyl (C=O) groups excluding carboxylic acids is 1. The van der Waals surface area contributed by atoms with E-state index in [1.54, 1.807) is 6.33 Å². The summed E-state index contributed by atoms with van der Waals surface area (Å²) in [4.78, 5) is 25.5. The van der Waals surface area contributed by atoms with Gasteiger partial charge in [-0.15, -0.1) is 0 Å². The maximum Gasteiger partial charge on any atom is 0.247 e. The minimum atomic E-state index is -0.252. The molecular weight excluding hydrogens is 454 g/mol. The number of aliphatic hydroxyl groups is 1. The number of fused-ring (bicyclic) bond motifs is 1. The van der Waals surface area contributed by atoms with Crippen LogP contribution in [0.3, 0.4) is 0 Å². The first-order valence-electron chi connectivity index (χ1n) is 12.0. The Labute approximate surface area is 209 Å². The van der Waals surface area contributed by atoms with E-state index in [2.05, 4.69) is 44.1 Å². The van der Waals surface area contributed by atoms with E-state index in [4.69, 9.17) is 10.1 Å². The number of aromatic nitrogens is 3. The summed E-state index contributed by atoms with van der Waals surface area (Å²) >= 11 is 0. The Morgan fingerprint density at radius 3 is 2.61 bits per heavy atom. The first-order valence-corrected chi connectivity index (χ1v) is 12.0. The smallest absolute Gasteiger partial charge is 0.247 e. The number of rotatable bonds is 8. The number of hydrogen-bond acceptors (Lipinski definition) is 7. The Kier molecular flexibility index (Phi) is 6.92. The van der Waals surface area contributed by atoms with E-state index in [-0.39, 0.29) is 12.5 Å². The maximum absolute atomic E-state index is 11.7. The fourth-order valence-corrected chi connectivity index (χ4v) is 4.40. The first-order chi connectivity index (χ1) is 17.6. The number of aliphatic hydroxyl groups excluding tert-OH is 1. The minimum Gasteiger partial charge on any atom is -0.395 e. The Morgan fingerprint density at radius 2 is 1.86 bits per heavy atom. The van der Waals surface area contributed by atoms with Crippen molar-refractivity contribution in [3.8, 4) is 11.1 Å². The maximum atomic E-state index is 11.7. The predicted octanol–water partition coefficient (Wildman–Crippen LogP) is 3.38. The Bertz CT molecular complexity index is 1360. The van der Waals surface area contributed by atoms with E-state index in [0.717, 1.165) is 55.2 Å². The number of carbonyl (C=O) groups is 1. The zero-order valence-corrected chi connectivity index (χ0v) is 20.0. The normalized spacial score (nSPS) is 14.1. The van der Waals surface area contributed by atoms with Gasteiger partial charge in [-0.3, -0.25) is 14.1 Å². The van der Waals surface area contributed by atoms with E-state index in [1.165, 1.54) is 11.8 Å². The number of amides is 1. The molecule has 5 rings (SSSR count). The molecule has 184 valence electrons. The number of benzene rings is 2. The molecule has 3 N–H and O–H groups in total. The van der Waals surface area contributed by atoms with Crippen molar-refractivity contribution in [3.05, 3.63) is 79.8 Å². The molecule has 0 radical (unpaired) electrons. The molecule has 2 aromatic heterocycles. The summed E-state index contributed by atoms with van der Waals surface area (Å²) < 4.78 is 1.87. The van der Waals surface area contributed by atoms with Gasteiger partial charge in [0.25, 0.3) is 0 Å². The lowest BCUT2D eigenvalue weighted by molar-refractivity contribution is -0.111. The zero-order chi connectivity index (χ0) is 24.9. The van der Waals surface area contributed by atoms with Gasteiger partial charge in [-0.2, -0.15) is 4.98 Å². The molecular formula is C27H29N7O2. The molecule has 0 saturated carbocycles. The van der Waals surface area contributed by atoms with Crippen LogP contribution in [0.4, 0.5) is 23.0 Å². The van der Waals surface area contributed by atoms with Crippen molar-refractivity contribution in [3.63, 3.8) is 0 Å². The van der Waals surface area contributed by atoms with Crippen molar-refractivity contribution in [2.45, 2.75) is 0 Å². The highest BCUT2D eigenvalue weighted by atomic mass is 16.3. The van der Waals surface area contributed by atoms with Gasteiger partial charge in [0.1, 0.15) is 12.0 Å². The van der Waals surface area contributed by atoms with E-state index in [9.17, 15) is 4.79 Å². The molecule has 0 aliphatic carbocycles. The van der Waals surface area contributed by atoms with Crippen LogP contribution in [0, 0.1) is 0 Å². The molecule has 0 atom stereocenters. The van der Waals surface area contributed by atoms with E-state index in [1.807, 2.05) is 53.1 Å². The van der Waals surface area contributed by atoms with Crippen LogP contribution in [-0.4, -0.2) is 69.6 Å². The van der Waals surface area contributed by atoms with Crippen LogP contribution in [0.25, 0.3) is 16.8 Å². The molecule has 0 bridgehead atoms. The number of piperazine rings is 1. The minimum absolute atomic E-state index is 0.208. The number of β-amino-alcohol motifs (C(OH)–C–C–N with tert-alkyl or cyclic N) is 1. The number of hydrogen-bond donors (Lipinski definition) is 3. The van der Waals surface area contributed by atoms with Crippen LogP contribution in [0.5, 0.6) is 0 Å². The average Bonchev–Trinajstić information content (AvgIpc) is 3.33. The van der Waals surface area contributed by atoms with Gasteiger partial charge in [-0.1, -0.05) is 18.7 Å². The molecule has 9 nitrogen and oxygen atoms in total. The molecule has 1 aliphatic rings. The highest BCUT2D eigenvalue weighted by Gasteiger charge is 2.16. The van der Waals surface area contributed by atoms with Crippen LogP contribution in [0.15, 0.2) is 79.8 Å². The summed E-state index contributed by atoms with van der Waals surface area (Å²) in [5.41, 5.74) is 5.41. The van der Waals surface area contributed by atoms with Crippen molar-refractivity contribution >= 4 is 34.6 Å². The summed E-state index contributed by atoms with van der Waals surface area (Å²) in [7, 11) is 0. The van der Waals surface area contributed by atoms with Gasteiger partial charge >= 0.3 is 0 Å². The highest BCUT2D eigenvalue weighted by Crippen LogP contribution is 2.28. The molecule has 1 fully saturated rings. The van der Waals surface area contributed by atoms with Gasteiger partial charge in [0.05, 0.1) is 6.61 Å². The Hall–Kier alpha value is -4.21. The van der Waals surface area contributed by atoms with Gasteiger partial charge in [0, 0.05) is 61.5 Å². The lowest BCUT2D eigenvalue weighted by atomic mass is 10.1. The molecule has 1 saturated heterocycles. The molecule has 0 spiro atoms. The fourth-order valence-electron chi connectivity index (χ4n) is 4.40. The standard InChI is InChI=1S/C27H29N7O2/c1-2-25(36)29-22-5-3-4-20(18-22)24-10-11-34-19-28-27(31-26(24)34)30-21-6-8-23(9-7-21)33-14-12-32(13-15-33)16-17-35/h2-11,18-19,35H,1,12-17H2,(H,29,36)(H,30,31). The van der Waals surface area contributed by atoms with E-state index in [0.29, 0.717) is 11.6 Å². The van der Waals surface area contributed by atoms with E-state index >= 15 is 0 Å². The molecule has 9 heteroatoms. The van der Waals surface area contributed by atoms with Gasteiger partial charge < -0.3 is 20.6 Å². The Morgan fingerprint density at radius 1 is 1.06 bits per heavy atom. The second-order valence-corrected chi connectivity index (χ2v) is 8.64. The SMILES string of the molecule is C=CC(=O)Nc1cccc(-c2ccn3cnc(Nc4ccc(N5CCN(CCO)CC5)cc4)nc23)c1. The van der Waals surface area contributed by atoms with Crippen LogP contribution < -0.4 is 15.5 Å². The summed E-state index contributed by atoms with van der Waals surface area (Å²) in [6, 6.07) is 17.9. The van der Waals surface area contributed by atoms with Gasteiger partial charge in [-0.25, -0.2) is 4.98 Å². The second-order valence-electron chi connectivity index (χ2n) is 8.64. The molecule has 0 unspecified atom stereocenters. The van der Waals surface area contributed by atoms with Gasteiger partial charge in [0.2, 0.25) is 11.9 Å². The quantitative estimate of drug-likeness (QED) is 0.331. The molecule has 36 heavy (non-hydrogen) atoms. The van der Waals surface area contributed by atoms with E-state index < -0.39 is 0 Å². The number of nitrogens with one attached hydrogen (secondary N) is 2. The van der Waals surface area contributed by atoms with Crippen LogP contribution in [-0.2, 0) is 4.79 Å². The second kappa shape index (κ2) is 10.6. The molecule has 1 amide bonds. The van der Waals surface area contributed by atoms with Crippen LogP contribution in [0.2, 0.25) is 0 Å². The predicted molar refractivity (Wildman–Crippen MR) is 143 cm³/mol. The number of anilines is 4. The number of nitrogens with zero attached hydrogens (tertiary/aromatic N) is 5. The largest absolute Gasteiger partial charge is 0.395 e. The molecule has 3 heterocycles. The van der Waals surface area contributed by atoms with Crippen molar-refractivity contribution in [1.82, 2.24) is 19.3 Å². The third-order valence-electron chi connectivity index (χ3n) is 6.31. The lowest BCUT2D eigenvalue weighted by Crippen LogP contribution is -2.47. The topological polar surface area (TPSA) is 98.0 Å². The van der Waals surface area contributed by atoms with Gasteiger partial charge in [-0.05, 0) is 54.1 Å². The highest BCUT2D eigenvalue weighted by molar-refractivity contribution is 5.99. The average molecular weight is 484 g/mol.